The Balaban J connectivity index is 3.18. The van der Waals surface area contributed by atoms with E-state index in [-0.39, 0.29) is 12.0 Å². The van der Waals surface area contributed by atoms with Crippen LogP contribution in [-0.4, -0.2) is 5.11 Å². The van der Waals surface area contributed by atoms with Gasteiger partial charge in [0.25, 0.3) is 0 Å². The molecule has 1 nitrogen and oxygen atoms in total. The minimum absolute atomic E-state index is 0.217. The van der Waals surface area contributed by atoms with Crippen LogP contribution in [0.3, 0.4) is 0 Å². The predicted octanol–water partition coefficient (Wildman–Crippen LogP) is 3.68. The molecule has 1 N–H and O–H groups in total. The third kappa shape index (κ3) is 2.95. The van der Waals surface area contributed by atoms with Gasteiger partial charge in [-0.3, -0.25) is 0 Å². The maximum Gasteiger partial charge on any atom is 0.416 e. The molecule has 0 saturated carbocycles. The summed E-state index contributed by atoms with van der Waals surface area (Å²) in [7, 11) is 0. The van der Waals surface area contributed by atoms with Gasteiger partial charge in [-0.2, -0.15) is 13.2 Å². The Hall–Kier alpha value is -1.10. The second-order valence-corrected chi connectivity index (χ2v) is 3.53. The van der Waals surface area contributed by atoms with Crippen LogP contribution in [-0.2, 0) is 6.18 Å². The summed E-state index contributed by atoms with van der Waals surface area (Å²) in [5.41, 5.74) is -1.37. The molecule has 0 aromatic heterocycles. The molecular formula is C11H12F4O. The molecule has 90 valence electrons. The molecule has 1 atom stereocenters. The summed E-state index contributed by atoms with van der Waals surface area (Å²) in [4.78, 5) is 0. The van der Waals surface area contributed by atoms with E-state index in [1.807, 2.05) is 0 Å². The normalized spacial score (nSPS) is 13.9. The van der Waals surface area contributed by atoms with E-state index in [1.54, 1.807) is 6.92 Å². The van der Waals surface area contributed by atoms with Crippen LogP contribution in [0.5, 0.6) is 0 Å². The average Bonchev–Trinajstić information content (AvgIpc) is 2.16. The Kier molecular flexibility index (Phi) is 3.91. The number of alkyl halides is 3. The van der Waals surface area contributed by atoms with Crippen molar-refractivity contribution in [2.24, 2.45) is 0 Å². The van der Waals surface area contributed by atoms with Gasteiger partial charge in [-0.1, -0.05) is 19.4 Å². The maximum absolute atomic E-state index is 12.7. The molecule has 0 spiro atoms. The Bertz CT molecular complexity index is 359. The summed E-state index contributed by atoms with van der Waals surface area (Å²) in [6.07, 6.45) is -5.08. The third-order valence-electron chi connectivity index (χ3n) is 2.24. The Morgan fingerprint density at radius 3 is 2.44 bits per heavy atom. The van der Waals surface area contributed by atoms with Crippen molar-refractivity contribution in [1.29, 1.82) is 0 Å². The molecule has 0 aliphatic rings. The van der Waals surface area contributed by atoms with Crippen LogP contribution in [0.2, 0.25) is 0 Å². The summed E-state index contributed by atoms with van der Waals surface area (Å²) in [6, 6.07) is 2.32. The van der Waals surface area contributed by atoms with Crippen LogP contribution >= 0.6 is 0 Å². The molecule has 0 aliphatic heterocycles. The van der Waals surface area contributed by atoms with Crippen LogP contribution in [0.25, 0.3) is 0 Å². The molecule has 0 heterocycles. The highest BCUT2D eigenvalue weighted by Gasteiger charge is 2.35. The quantitative estimate of drug-likeness (QED) is 0.794. The third-order valence-corrected chi connectivity index (χ3v) is 2.24. The fourth-order valence-corrected chi connectivity index (χ4v) is 1.49. The van der Waals surface area contributed by atoms with Gasteiger partial charge in [0.2, 0.25) is 0 Å². The minimum Gasteiger partial charge on any atom is -0.388 e. The highest BCUT2D eigenvalue weighted by atomic mass is 19.4. The van der Waals surface area contributed by atoms with Gasteiger partial charge in [0, 0.05) is 0 Å². The van der Waals surface area contributed by atoms with Crippen LogP contribution in [0.15, 0.2) is 18.2 Å². The fraction of sp³-hybridized carbons (Fsp3) is 0.455. The van der Waals surface area contributed by atoms with Crippen molar-refractivity contribution >= 4 is 0 Å². The number of hydrogen-bond donors (Lipinski definition) is 1. The first-order valence-corrected chi connectivity index (χ1v) is 4.91. The van der Waals surface area contributed by atoms with Gasteiger partial charge in [-0.15, -0.1) is 0 Å². The predicted molar refractivity (Wildman–Crippen MR) is 51.3 cm³/mol. The standard InChI is InChI=1S/C11H12F4O/c1-2-3-10(16)8-5-4-7(12)6-9(8)11(13,14)15/h4-6,10,16H,2-3H2,1H3/t10-/m1/s1. The summed E-state index contributed by atoms with van der Waals surface area (Å²) in [5.74, 6) is -0.959. The molecular weight excluding hydrogens is 224 g/mol. The molecule has 5 heteroatoms. The topological polar surface area (TPSA) is 20.2 Å². The van der Waals surface area contributed by atoms with Gasteiger partial charge in [-0.25, -0.2) is 4.39 Å². The molecule has 0 radical (unpaired) electrons. The van der Waals surface area contributed by atoms with Gasteiger partial charge in [-0.05, 0) is 24.1 Å². The van der Waals surface area contributed by atoms with Crippen molar-refractivity contribution in [3.8, 4) is 0 Å². The van der Waals surface area contributed by atoms with Crippen LogP contribution in [0, 0.1) is 5.82 Å². The van der Waals surface area contributed by atoms with Gasteiger partial charge in [0.1, 0.15) is 5.82 Å². The molecule has 0 unspecified atom stereocenters. The Labute approximate surface area is 90.7 Å². The van der Waals surface area contributed by atoms with Crippen molar-refractivity contribution in [3.63, 3.8) is 0 Å². The van der Waals surface area contributed by atoms with Crippen molar-refractivity contribution in [2.75, 3.05) is 0 Å². The van der Waals surface area contributed by atoms with E-state index in [4.69, 9.17) is 0 Å². The van der Waals surface area contributed by atoms with E-state index in [0.29, 0.717) is 12.5 Å². The second kappa shape index (κ2) is 4.82. The van der Waals surface area contributed by atoms with Crippen LogP contribution in [0.4, 0.5) is 17.6 Å². The lowest BCUT2D eigenvalue weighted by Crippen LogP contribution is -2.12. The van der Waals surface area contributed by atoms with Crippen molar-refractivity contribution in [3.05, 3.63) is 35.1 Å². The number of benzene rings is 1. The zero-order valence-electron chi connectivity index (χ0n) is 8.68. The average molecular weight is 236 g/mol. The molecule has 16 heavy (non-hydrogen) atoms. The monoisotopic (exact) mass is 236 g/mol. The first-order valence-electron chi connectivity index (χ1n) is 4.91. The van der Waals surface area contributed by atoms with E-state index in [1.165, 1.54) is 0 Å². The fourth-order valence-electron chi connectivity index (χ4n) is 1.49. The zero-order chi connectivity index (χ0) is 12.3. The Morgan fingerprint density at radius 2 is 1.94 bits per heavy atom. The van der Waals surface area contributed by atoms with E-state index in [2.05, 4.69) is 0 Å². The molecule has 0 aliphatic carbocycles. The van der Waals surface area contributed by atoms with Gasteiger partial charge in [0.05, 0.1) is 11.7 Å². The Morgan fingerprint density at radius 1 is 1.31 bits per heavy atom. The first kappa shape index (κ1) is 13.0. The summed E-state index contributed by atoms with van der Waals surface area (Å²) >= 11 is 0. The highest BCUT2D eigenvalue weighted by Crippen LogP contribution is 2.36. The van der Waals surface area contributed by atoms with Gasteiger partial charge >= 0.3 is 6.18 Å². The van der Waals surface area contributed by atoms with E-state index in [9.17, 15) is 22.7 Å². The molecule has 1 aromatic rings. The largest absolute Gasteiger partial charge is 0.416 e. The molecule has 0 amide bonds. The molecule has 0 saturated heterocycles. The lowest BCUT2D eigenvalue weighted by atomic mass is 9.99. The summed E-state index contributed by atoms with van der Waals surface area (Å²) < 4.78 is 50.4. The molecule has 1 aromatic carbocycles. The van der Waals surface area contributed by atoms with Crippen LogP contribution < -0.4 is 0 Å². The number of aliphatic hydroxyl groups excluding tert-OH is 1. The van der Waals surface area contributed by atoms with Gasteiger partial charge < -0.3 is 5.11 Å². The van der Waals surface area contributed by atoms with E-state index in [0.717, 1.165) is 12.1 Å². The SMILES string of the molecule is CCC[C@@H](O)c1ccc(F)cc1C(F)(F)F. The second-order valence-electron chi connectivity index (χ2n) is 3.53. The number of rotatable bonds is 3. The maximum atomic E-state index is 12.7. The van der Waals surface area contributed by atoms with Crippen molar-refractivity contribution in [1.82, 2.24) is 0 Å². The van der Waals surface area contributed by atoms with Crippen molar-refractivity contribution in [2.45, 2.75) is 32.0 Å². The molecule has 0 fully saturated rings. The summed E-state index contributed by atoms with van der Waals surface area (Å²) in [6.45, 7) is 1.75. The number of hydrogen-bond acceptors (Lipinski definition) is 1. The molecule has 1 rings (SSSR count). The highest BCUT2D eigenvalue weighted by molar-refractivity contribution is 5.32. The first-order chi connectivity index (χ1) is 7.36. The van der Waals surface area contributed by atoms with Crippen LogP contribution in [0.1, 0.15) is 37.0 Å². The van der Waals surface area contributed by atoms with Gasteiger partial charge in [0.15, 0.2) is 0 Å². The number of aliphatic hydroxyl groups is 1. The zero-order valence-corrected chi connectivity index (χ0v) is 8.68. The summed E-state index contributed by atoms with van der Waals surface area (Å²) in [5, 5.41) is 9.53. The smallest absolute Gasteiger partial charge is 0.388 e. The van der Waals surface area contributed by atoms with Crippen molar-refractivity contribution < 1.29 is 22.7 Å². The van der Waals surface area contributed by atoms with E-state index < -0.39 is 23.7 Å². The van der Waals surface area contributed by atoms with E-state index >= 15 is 0 Å². The lowest BCUT2D eigenvalue weighted by molar-refractivity contribution is -0.139. The molecule has 0 bridgehead atoms. The minimum atomic E-state index is -4.65. The lowest BCUT2D eigenvalue weighted by Gasteiger charge is -2.17. The number of halogens is 4.